The molecule has 1 aromatic heterocycles. The normalized spacial score (nSPS) is 17.4. The molecule has 1 N–H and O–H groups in total. The maximum Gasteiger partial charge on any atom is 0.228 e. The van der Waals surface area contributed by atoms with E-state index in [1.54, 1.807) is 14.2 Å². The van der Waals surface area contributed by atoms with Gasteiger partial charge in [-0.1, -0.05) is 5.16 Å². The second-order valence-electron chi connectivity index (χ2n) is 5.01. The third kappa shape index (κ3) is 4.31. The molecular formula is C15H20ClN3O3S. The zero-order valence-electron chi connectivity index (χ0n) is 13.1. The number of aromatic nitrogens is 2. The van der Waals surface area contributed by atoms with Gasteiger partial charge in [0, 0.05) is 36.1 Å². The molecule has 8 heteroatoms. The molecule has 1 aliphatic heterocycles. The molecule has 2 aromatic rings. The zero-order valence-corrected chi connectivity index (χ0v) is 14.7. The summed E-state index contributed by atoms with van der Waals surface area (Å²) in [5.74, 6) is 4.80. The second-order valence-corrected chi connectivity index (χ2v) is 6.16. The van der Waals surface area contributed by atoms with E-state index < -0.39 is 0 Å². The summed E-state index contributed by atoms with van der Waals surface area (Å²) in [5, 5.41) is 7.53. The summed E-state index contributed by atoms with van der Waals surface area (Å²) in [6.07, 6.45) is 0.757. The zero-order chi connectivity index (χ0) is 15.4. The van der Waals surface area contributed by atoms with Crippen molar-refractivity contribution in [2.75, 3.05) is 32.3 Å². The minimum absolute atomic E-state index is 0. The van der Waals surface area contributed by atoms with E-state index in [2.05, 4.69) is 15.5 Å². The number of methoxy groups -OCH3 is 2. The van der Waals surface area contributed by atoms with Crippen LogP contribution in [0.25, 0.3) is 11.4 Å². The van der Waals surface area contributed by atoms with Crippen molar-refractivity contribution >= 4 is 24.2 Å². The van der Waals surface area contributed by atoms with Crippen LogP contribution in [-0.4, -0.2) is 48.5 Å². The smallest absolute Gasteiger partial charge is 0.228 e. The van der Waals surface area contributed by atoms with Crippen molar-refractivity contribution in [1.82, 2.24) is 15.5 Å². The summed E-state index contributed by atoms with van der Waals surface area (Å²) in [5.41, 5.74) is 0.846. The first kappa shape index (κ1) is 17.9. The molecule has 0 bridgehead atoms. The number of nitrogens with zero attached hydrogens (tertiary/aromatic N) is 2. The van der Waals surface area contributed by atoms with Crippen molar-refractivity contribution in [3.05, 3.63) is 24.1 Å². The van der Waals surface area contributed by atoms with Crippen molar-refractivity contribution in [3.8, 4) is 22.9 Å². The second kappa shape index (κ2) is 8.42. The fourth-order valence-corrected chi connectivity index (χ4v) is 3.34. The standard InChI is InChI=1S/C15H19N3O3S.ClH/c1-19-12-4-3-10(7-13(12)20-2)15-17-14(21-18-15)8-11-9-22-6-5-16-11;/h3-4,7,11,16H,5-6,8-9H2,1-2H3;1H. The lowest BCUT2D eigenvalue weighted by Crippen LogP contribution is -2.38. The summed E-state index contributed by atoms with van der Waals surface area (Å²) >= 11 is 1.95. The van der Waals surface area contributed by atoms with Gasteiger partial charge in [0.25, 0.3) is 0 Å². The number of nitrogens with one attached hydrogen (secondary N) is 1. The lowest BCUT2D eigenvalue weighted by atomic mass is 10.2. The SMILES string of the molecule is COc1ccc(-c2noc(CC3CSCCN3)n2)cc1OC.Cl. The summed E-state index contributed by atoms with van der Waals surface area (Å²) in [6.45, 7) is 1.03. The molecule has 23 heavy (non-hydrogen) atoms. The minimum atomic E-state index is 0. The van der Waals surface area contributed by atoms with Gasteiger partial charge in [-0.15, -0.1) is 12.4 Å². The molecule has 6 nitrogen and oxygen atoms in total. The molecular weight excluding hydrogens is 338 g/mol. The van der Waals surface area contributed by atoms with Crippen molar-refractivity contribution < 1.29 is 14.0 Å². The summed E-state index contributed by atoms with van der Waals surface area (Å²) < 4.78 is 15.9. The summed E-state index contributed by atoms with van der Waals surface area (Å²) in [7, 11) is 3.22. The molecule has 0 spiro atoms. The highest BCUT2D eigenvalue weighted by Gasteiger charge is 2.18. The monoisotopic (exact) mass is 357 g/mol. The topological polar surface area (TPSA) is 69.4 Å². The quantitative estimate of drug-likeness (QED) is 0.881. The molecule has 0 amide bonds. The van der Waals surface area contributed by atoms with Crippen molar-refractivity contribution in [1.29, 1.82) is 0 Å². The van der Waals surface area contributed by atoms with E-state index in [0.29, 0.717) is 29.3 Å². The Hall–Kier alpha value is -1.44. The Morgan fingerprint density at radius 3 is 2.83 bits per heavy atom. The van der Waals surface area contributed by atoms with E-state index in [1.165, 1.54) is 0 Å². The highest BCUT2D eigenvalue weighted by atomic mass is 35.5. The maximum absolute atomic E-state index is 5.37. The number of benzene rings is 1. The Balaban J connectivity index is 0.00000192. The van der Waals surface area contributed by atoms with Gasteiger partial charge >= 0.3 is 0 Å². The highest BCUT2D eigenvalue weighted by Crippen LogP contribution is 2.31. The molecule has 1 saturated heterocycles. The number of halogens is 1. The molecule has 1 atom stereocenters. The van der Waals surface area contributed by atoms with Crippen LogP contribution in [-0.2, 0) is 6.42 Å². The predicted molar refractivity (Wildman–Crippen MR) is 92.9 cm³/mol. The van der Waals surface area contributed by atoms with E-state index in [4.69, 9.17) is 14.0 Å². The summed E-state index contributed by atoms with van der Waals surface area (Å²) in [4.78, 5) is 4.48. The largest absolute Gasteiger partial charge is 0.493 e. The molecule has 0 radical (unpaired) electrons. The van der Waals surface area contributed by atoms with E-state index >= 15 is 0 Å². The van der Waals surface area contributed by atoms with Gasteiger partial charge in [0.05, 0.1) is 14.2 Å². The Morgan fingerprint density at radius 2 is 2.13 bits per heavy atom. The number of hydrogen-bond acceptors (Lipinski definition) is 7. The molecule has 3 rings (SSSR count). The molecule has 0 saturated carbocycles. The minimum Gasteiger partial charge on any atom is -0.493 e. The molecule has 2 heterocycles. The lowest BCUT2D eigenvalue weighted by Gasteiger charge is -2.21. The van der Waals surface area contributed by atoms with Gasteiger partial charge in [0.1, 0.15) is 0 Å². The van der Waals surface area contributed by atoms with Gasteiger partial charge in [-0.3, -0.25) is 0 Å². The van der Waals surface area contributed by atoms with E-state index in [0.717, 1.165) is 30.0 Å². The number of hydrogen-bond donors (Lipinski definition) is 1. The van der Waals surface area contributed by atoms with Crippen molar-refractivity contribution in [2.45, 2.75) is 12.5 Å². The van der Waals surface area contributed by atoms with Gasteiger partial charge in [-0.2, -0.15) is 16.7 Å². The van der Waals surface area contributed by atoms with Crippen LogP contribution in [0.15, 0.2) is 22.7 Å². The predicted octanol–water partition coefficient (Wildman–Crippen LogP) is 2.42. The molecule has 1 fully saturated rings. The third-order valence-electron chi connectivity index (χ3n) is 3.53. The van der Waals surface area contributed by atoms with E-state index in [1.807, 2.05) is 30.0 Å². The van der Waals surface area contributed by atoms with Crippen LogP contribution >= 0.6 is 24.2 Å². The Bertz CT molecular complexity index is 632. The van der Waals surface area contributed by atoms with Crippen LogP contribution in [0.2, 0.25) is 0 Å². The Kier molecular flexibility index (Phi) is 6.56. The fraction of sp³-hybridized carbons (Fsp3) is 0.467. The first-order chi connectivity index (χ1) is 10.8. The number of ether oxygens (including phenoxy) is 2. The Labute approximate surface area is 145 Å². The average Bonchev–Trinajstić information content (AvgIpc) is 3.03. The summed E-state index contributed by atoms with van der Waals surface area (Å²) in [6, 6.07) is 5.98. The van der Waals surface area contributed by atoms with Crippen LogP contribution in [0.1, 0.15) is 5.89 Å². The van der Waals surface area contributed by atoms with Gasteiger partial charge in [0.2, 0.25) is 11.7 Å². The van der Waals surface area contributed by atoms with E-state index in [9.17, 15) is 0 Å². The fourth-order valence-electron chi connectivity index (χ4n) is 2.39. The molecule has 1 unspecified atom stereocenters. The van der Waals surface area contributed by atoms with Crippen LogP contribution < -0.4 is 14.8 Å². The molecule has 1 aromatic carbocycles. The van der Waals surface area contributed by atoms with Crippen LogP contribution in [0.3, 0.4) is 0 Å². The van der Waals surface area contributed by atoms with Crippen molar-refractivity contribution in [3.63, 3.8) is 0 Å². The average molecular weight is 358 g/mol. The third-order valence-corrected chi connectivity index (χ3v) is 4.66. The Morgan fingerprint density at radius 1 is 1.30 bits per heavy atom. The van der Waals surface area contributed by atoms with Crippen LogP contribution in [0, 0.1) is 0 Å². The first-order valence-electron chi connectivity index (χ1n) is 7.16. The van der Waals surface area contributed by atoms with Crippen molar-refractivity contribution in [2.24, 2.45) is 0 Å². The highest BCUT2D eigenvalue weighted by molar-refractivity contribution is 7.99. The number of thioether (sulfide) groups is 1. The first-order valence-corrected chi connectivity index (χ1v) is 8.31. The van der Waals surface area contributed by atoms with E-state index in [-0.39, 0.29) is 12.4 Å². The molecule has 1 aliphatic rings. The van der Waals surface area contributed by atoms with Gasteiger partial charge in [-0.25, -0.2) is 0 Å². The van der Waals surface area contributed by atoms with Gasteiger partial charge in [-0.05, 0) is 18.2 Å². The molecule has 0 aliphatic carbocycles. The molecule has 126 valence electrons. The van der Waals surface area contributed by atoms with Gasteiger partial charge in [0.15, 0.2) is 11.5 Å². The van der Waals surface area contributed by atoms with Gasteiger partial charge < -0.3 is 19.3 Å². The number of rotatable bonds is 5. The van der Waals surface area contributed by atoms with Crippen LogP contribution in [0.5, 0.6) is 11.5 Å². The lowest BCUT2D eigenvalue weighted by molar-refractivity contribution is 0.355. The maximum atomic E-state index is 5.37. The van der Waals surface area contributed by atoms with Crippen LogP contribution in [0.4, 0.5) is 0 Å².